The number of hydrogen-bond donors (Lipinski definition) is 5. The molecule has 43 heavy (non-hydrogen) atoms. The van der Waals surface area contributed by atoms with Crippen LogP contribution < -0.4 is 21.1 Å². The SMILES string of the molecule is CC(C)[C@H](N)C(O)NC1C[C@@H](c2cccc(C(F)(F)F)c2)CCC1Nc1cc(F)c(S(=O)(=O)Nc2ccncn2)cc1Cl. The molecular weight excluding hydrogens is 612 g/mol. The minimum Gasteiger partial charge on any atom is -0.379 e. The van der Waals surface area contributed by atoms with Crippen molar-refractivity contribution < 1.29 is 31.1 Å². The van der Waals surface area contributed by atoms with E-state index in [1.54, 1.807) is 6.07 Å². The Morgan fingerprint density at radius 2 is 1.86 bits per heavy atom. The number of hydrogen-bond acceptors (Lipinski definition) is 8. The maximum Gasteiger partial charge on any atom is 0.416 e. The predicted octanol–water partition coefficient (Wildman–Crippen LogP) is 5.10. The summed E-state index contributed by atoms with van der Waals surface area (Å²) in [6.07, 6.45) is -1.95. The maximum absolute atomic E-state index is 15.2. The zero-order valence-corrected chi connectivity index (χ0v) is 24.9. The number of aliphatic hydroxyl groups is 1. The molecule has 1 aliphatic rings. The van der Waals surface area contributed by atoms with Crippen molar-refractivity contribution in [1.29, 1.82) is 0 Å². The second-order valence-corrected chi connectivity index (χ2v) is 12.9. The van der Waals surface area contributed by atoms with E-state index in [0.29, 0.717) is 24.8 Å². The van der Waals surface area contributed by atoms with Gasteiger partial charge in [0.2, 0.25) is 0 Å². The normalized spacial score (nSPS) is 20.9. The van der Waals surface area contributed by atoms with Gasteiger partial charge >= 0.3 is 6.18 Å². The molecule has 6 N–H and O–H groups in total. The second-order valence-electron chi connectivity index (χ2n) is 10.9. The molecule has 4 rings (SSSR count). The Morgan fingerprint density at radius 1 is 1.12 bits per heavy atom. The average molecular weight is 645 g/mol. The highest BCUT2D eigenvalue weighted by atomic mass is 35.5. The fraction of sp³-hybridized carbons (Fsp3) is 0.429. The summed E-state index contributed by atoms with van der Waals surface area (Å²) in [6.45, 7) is 3.69. The van der Waals surface area contributed by atoms with Gasteiger partial charge in [-0.15, -0.1) is 0 Å². The molecule has 2 aromatic carbocycles. The van der Waals surface area contributed by atoms with Crippen molar-refractivity contribution in [3.8, 4) is 0 Å². The molecule has 3 aromatic rings. The maximum atomic E-state index is 15.2. The molecule has 0 bridgehead atoms. The molecule has 1 fully saturated rings. The highest BCUT2D eigenvalue weighted by Gasteiger charge is 2.36. The highest BCUT2D eigenvalue weighted by Crippen LogP contribution is 2.39. The molecule has 1 heterocycles. The summed E-state index contributed by atoms with van der Waals surface area (Å²) in [7, 11) is -4.38. The molecule has 0 saturated heterocycles. The molecule has 1 aromatic heterocycles. The summed E-state index contributed by atoms with van der Waals surface area (Å²) < 4.78 is 83.1. The summed E-state index contributed by atoms with van der Waals surface area (Å²) in [5, 5.41) is 17.0. The Balaban J connectivity index is 1.58. The molecule has 1 saturated carbocycles. The van der Waals surface area contributed by atoms with E-state index in [-0.39, 0.29) is 28.4 Å². The monoisotopic (exact) mass is 644 g/mol. The van der Waals surface area contributed by atoms with Gasteiger partial charge in [0.05, 0.1) is 16.3 Å². The number of nitrogens with one attached hydrogen (secondary N) is 3. The molecule has 0 spiro atoms. The lowest BCUT2D eigenvalue weighted by molar-refractivity contribution is -0.137. The summed E-state index contributed by atoms with van der Waals surface area (Å²) in [6, 6.07) is 6.77. The van der Waals surface area contributed by atoms with Crippen LogP contribution in [0.3, 0.4) is 0 Å². The van der Waals surface area contributed by atoms with Crippen molar-refractivity contribution in [2.24, 2.45) is 11.7 Å². The van der Waals surface area contributed by atoms with E-state index < -0.39 is 56.8 Å². The number of sulfonamides is 1. The van der Waals surface area contributed by atoms with Crippen molar-refractivity contribution >= 4 is 33.1 Å². The number of aromatic nitrogens is 2. The number of anilines is 2. The van der Waals surface area contributed by atoms with Gasteiger partial charge < -0.3 is 16.2 Å². The average Bonchev–Trinajstić information content (AvgIpc) is 2.95. The Bertz CT molecular complexity index is 1510. The van der Waals surface area contributed by atoms with E-state index in [1.165, 1.54) is 18.3 Å². The number of nitrogens with two attached hydrogens (primary N) is 1. The first-order chi connectivity index (χ1) is 20.2. The van der Waals surface area contributed by atoms with E-state index in [1.807, 2.05) is 13.8 Å². The van der Waals surface area contributed by atoms with Crippen LogP contribution in [0.5, 0.6) is 0 Å². The van der Waals surface area contributed by atoms with Crippen molar-refractivity contribution in [3.63, 3.8) is 0 Å². The zero-order chi connectivity index (χ0) is 31.5. The topological polar surface area (TPSA) is 142 Å². The Hall–Kier alpha value is -3.04. The van der Waals surface area contributed by atoms with Crippen LogP contribution in [0.2, 0.25) is 5.02 Å². The third-order valence-electron chi connectivity index (χ3n) is 7.53. The molecule has 234 valence electrons. The van der Waals surface area contributed by atoms with Gasteiger partial charge in [0.15, 0.2) is 0 Å². The number of alkyl halides is 3. The van der Waals surface area contributed by atoms with Crippen LogP contribution in [0.4, 0.5) is 29.1 Å². The van der Waals surface area contributed by atoms with Gasteiger partial charge in [0, 0.05) is 24.3 Å². The number of nitrogens with zero attached hydrogens (tertiary/aromatic N) is 2. The molecule has 3 unspecified atom stereocenters. The van der Waals surface area contributed by atoms with Crippen LogP contribution in [0, 0.1) is 11.7 Å². The van der Waals surface area contributed by atoms with Crippen LogP contribution in [0.1, 0.15) is 50.2 Å². The Kier molecular flexibility index (Phi) is 10.2. The van der Waals surface area contributed by atoms with Gasteiger partial charge in [-0.25, -0.2) is 22.8 Å². The molecule has 0 aliphatic heterocycles. The van der Waals surface area contributed by atoms with Crippen LogP contribution in [0.15, 0.2) is 59.9 Å². The first kappa shape index (κ1) is 32.9. The molecular formula is C28H33ClF4N6O3S. The summed E-state index contributed by atoms with van der Waals surface area (Å²) in [4.78, 5) is 6.79. The zero-order valence-electron chi connectivity index (χ0n) is 23.3. The summed E-state index contributed by atoms with van der Waals surface area (Å²) in [5.41, 5.74) is 6.02. The van der Waals surface area contributed by atoms with Gasteiger partial charge in [0.1, 0.15) is 29.1 Å². The van der Waals surface area contributed by atoms with Crippen molar-refractivity contribution in [3.05, 3.63) is 77.0 Å². The van der Waals surface area contributed by atoms with Gasteiger partial charge in [-0.3, -0.25) is 10.0 Å². The molecule has 9 nitrogen and oxygen atoms in total. The first-order valence-corrected chi connectivity index (χ1v) is 15.4. The van der Waals surface area contributed by atoms with Crippen LogP contribution in [-0.2, 0) is 16.2 Å². The molecule has 0 radical (unpaired) electrons. The van der Waals surface area contributed by atoms with E-state index >= 15 is 4.39 Å². The summed E-state index contributed by atoms with van der Waals surface area (Å²) >= 11 is 6.42. The number of aliphatic hydroxyl groups excluding tert-OH is 1. The fourth-order valence-corrected chi connectivity index (χ4v) is 6.46. The van der Waals surface area contributed by atoms with Crippen LogP contribution in [0.25, 0.3) is 0 Å². The first-order valence-electron chi connectivity index (χ1n) is 13.6. The summed E-state index contributed by atoms with van der Waals surface area (Å²) in [5.74, 6) is -1.48. The second kappa shape index (κ2) is 13.3. The Labute approximate surface area is 252 Å². The molecule has 5 atom stereocenters. The Morgan fingerprint density at radius 3 is 2.51 bits per heavy atom. The highest BCUT2D eigenvalue weighted by molar-refractivity contribution is 7.92. The van der Waals surface area contributed by atoms with Gasteiger partial charge in [-0.2, -0.15) is 13.2 Å². The fourth-order valence-electron chi connectivity index (χ4n) is 5.08. The van der Waals surface area contributed by atoms with Gasteiger partial charge in [-0.05, 0) is 60.9 Å². The van der Waals surface area contributed by atoms with Crippen LogP contribution in [-0.4, -0.2) is 47.8 Å². The molecule has 0 amide bonds. The van der Waals surface area contributed by atoms with E-state index in [0.717, 1.165) is 30.6 Å². The minimum absolute atomic E-state index is 0.0580. The number of benzene rings is 2. The van der Waals surface area contributed by atoms with E-state index in [2.05, 4.69) is 25.3 Å². The lowest BCUT2D eigenvalue weighted by atomic mass is 9.78. The largest absolute Gasteiger partial charge is 0.416 e. The third-order valence-corrected chi connectivity index (χ3v) is 9.21. The lowest BCUT2D eigenvalue weighted by Gasteiger charge is -2.40. The smallest absolute Gasteiger partial charge is 0.379 e. The van der Waals surface area contributed by atoms with Crippen LogP contribution >= 0.6 is 11.6 Å². The molecule has 15 heteroatoms. The molecule has 1 aliphatic carbocycles. The number of rotatable bonds is 10. The van der Waals surface area contributed by atoms with Crippen molar-refractivity contribution in [1.82, 2.24) is 15.3 Å². The quantitative estimate of drug-likeness (QED) is 0.152. The van der Waals surface area contributed by atoms with Crippen molar-refractivity contribution in [2.75, 3.05) is 10.0 Å². The van der Waals surface area contributed by atoms with Crippen molar-refractivity contribution in [2.45, 2.75) is 74.5 Å². The lowest BCUT2D eigenvalue weighted by Crippen LogP contribution is -2.57. The predicted molar refractivity (Wildman–Crippen MR) is 155 cm³/mol. The van der Waals surface area contributed by atoms with Gasteiger partial charge in [0.25, 0.3) is 10.0 Å². The van der Waals surface area contributed by atoms with E-state index in [4.69, 9.17) is 17.3 Å². The van der Waals surface area contributed by atoms with Gasteiger partial charge in [-0.1, -0.05) is 43.6 Å². The third kappa shape index (κ3) is 8.12. The minimum atomic E-state index is -4.49. The number of halogens is 5. The van der Waals surface area contributed by atoms with E-state index in [9.17, 15) is 26.7 Å². The standard InChI is InChI=1S/C28H33ClF4N6O3S/c1-15(2)26(34)27(40)38-23-11-17(16-4-3-5-18(10-16)28(31,32)33)6-7-21(23)37-22-13-20(30)24(12-19(22)29)43(41,42)39-25-8-9-35-14-36-25/h3-5,8-10,12-15,17,21,23,26-27,37-38,40H,6-7,11,34H2,1-2H3,(H,35,36,39)/t17-,21?,23?,26-,27?/m0/s1.